The molecule has 0 aliphatic rings. The number of anilines is 1. The van der Waals surface area contributed by atoms with Gasteiger partial charge in [0.2, 0.25) is 0 Å². The fourth-order valence-electron chi connectivity index (χ4n) is 2.05. The second-order valence-electron chi connectivity index (χ2n) is 4.56. The minimum Gasteiger partial charge on any atom is -0.381 e. The minimum atomic E-state index is -4.32. The lowest BCUT2D eigenvalue weighted by molar-refractivity contribution is -0.138. The van der Waals surface area contributed by atoms with Crippen molar-refractivity contribution < 1.29 is 13.2 Å². The van der Waals surface area contributed by atoms with Gasteiger partial charge in [0.15, 0.2) is 0 Å². The predicted molar refractivity (Wildman–Crippen MR) is 74.6 cm³/mol. The Morgan fingerprint density at radius 1 is 1.00 bits per heavy atom. The van der Waals surface area contributed by atoms with Gasteiger partial charge in [-0.15, -0.1) is 0 Å². The Labute approximate surface area is 116 Å². The maximum atomic E-state index is 12.9. The molecule has 2 aromatic carbocycles. The van der Waals surface area contributed by atoms with Crippen LogP contribution in [0.3, 0.4) is 0 Å². The van der Waals surface area contributed by atoms with E-state index in [-0.39, 0.29) is 12.1 Å². The van der Waals surface area contributed by atoms with Crippen molar-refractivity contribution in [3.8, 4) is 0 Å². The lowest BCUT2D eigenvalue weighted by Crippen LogP contribution is -2.11. The molecule has 106 valence electrons. The van der Waals surface area contributed by atoms with Crippen molar-refractivity contribution in [2.75, 3.05) is 5.32 Å². The molecule has 0 unspecified atom stereocenters. The summed E-state index contributed by atoms with van der Waals surface area (Å²) in [5.41, 5.74) is 1.65. The van der Waals surface area contributed by atoms with Gasteiger partial charge in [-0.2, -0.15) is 13.2 Å². The quantitative estimate of drug-likeness (QED) is 0.841. The SMILES string of the molecule is CCc1cccc(NCc2ccccc2C(F)(F)F)c1. The highest BCUT2D eigenvalue weighted by Gasteiger charge is 2.32. The molecule has 0 fully saturated rings. The summed E-state index contributed by atoms with van der Waals surface area (Å²) < 4.78 is 38.6. The Morgan fingerprint density at radius 3 is 2.45 bits per heavy atom. The number of hydrogen-bond donors (Lipinski definition) is 1. The summed E-state index contributed by atoms with van der Waals surface area (Å²) in [6.45, 7) is 2.20. The number of aryl methyl sites for hydroxylation is 1. The summed E-state index contributed by atoms with van der Waals surface area (Å²) in [5.74, 6) is 0. The van der Waals surface area contributed by atoms with Crippen molar-refractivity contribution in [1.29, 1.82) is 0 Å². The number of nitrogens with one attached hydrogen (secondary N) is 1. The van der Waals surface area contributed by atoms with Gasteiger partial charge in [-0.3, -0.25) is 0 Å². The van der Waals surface area contributed by atoms with Crippen LogP contribution in [0.1, 0.15) is 23.6 Å². The lowest BCUT2D eigenvalue weighted by Gasteiger charge is -2.14. The molecule has 1 nitrogen and oxygen atoms in total. The standard InChI is InChI=1S/C16H16F3N/c1-2-12-6-5-8-14(10-12)20-11-13-7-3-4-9-15(13)16(17,18)19/h3-10,20H,2,11H2,1H3. The summed E-state index contributed by atoms with van der Waals surface area (Å²) in [7, 11) is 0. The summed E-state index contributed by atoms with van der Waals surface area (Å²) in [5, 5.41) is 3.05. The molecule has 20 heavy (non-hydrogen) atoms. The van der Waals surface area contributed by atoms with Gasteiger partial charge in [-0.1, -0.05) is 37.3 Å². The van der Waals surface area contributed by atoms with Gasteiger partial charge < -0.3 is 5.32 Å². The molecule has 0 aliphatic carbocycles. The molecule has 0 heterocycles. The largest absolute Gasteiger partial charge is 0.416 e. The molecule has 0 radical (unpaired) electrons. The van der Waals surface area contributed by atoms with E-state index in [1.165, 1.54) is 12.1 Å². The number of halogens is 3. The van der Waals surface area contributed by atoms with E-state index in [2.05, 4.69) is 5.32 Å². The maximum Gasteiger partial charge on any atom is 0.416 e. The molecule has 0 atom stereocenters. The van der Waals surface area contributed by atoms with Gasteiger partial charge in [0, 0.05) is 12.2 Å². The van der Waals surface area contributed by atoms with Crippen LogP contribution in [-0.4, -0.2) is 0 Å². The summed E-state index contributed by atoms with van der Waals surface area (Å²) in [6.07, 6.45) is -3.42. The van der Waals surface area contributed by atoms with Crippen LogP contribution in [0.15, 0.2) is 48.5 Å². The van der Waals surface area contributed by atoms with Crippen molar-refractivity contribution in [2.45, 2.75) is 26.1 Å². The Bertz CT molecular complexity index is 576. The number of hydrogen-bond acceptors (Lipinski definition) is 1. The fraction of sp³-hybridized carbons (Fsp3) is 0.250. The summed E-state index contributed by atoms with van der Waals surface area (Å²) >= 11 is 0. The predicted octanol–water partition coefficient (Wildman–Crippen LogP) is 4.88. The Kier molecular flexibility index (Phi) is 4.32. The molecule has 0 aromatic heterocycles. The van der Waals surface area contributed by atoms with Gasteiger partial charge >= 0.3 is 6.18 Å². The normalized spacial score (nSPS) is 11.4. The number of benzene rings is 2. The number of rotatable bonds is 4. The average molecular weight is 279 g/mol. The van der Waals surface area contributed by atoms with E-state index in [0.29, 0.717) is 0 Å². The average Bonchev–Trinajstić information content (AvgIpc) is 2.44. The van der Waals surface area contributed by atoms with Crippen LogP contribution in [0.5, 0.6) is 0 Å². The molecule has 2 rings (SSSR count). The molecule has 2 aromatic rings. The van der Waals surface area contributed by atoms with E-state index in [1.807, 2.05) is 31.2 Å². The minimum absolute atomic E-state index is 0.156. The summed E-state index contributed by atoms with van der Waals surface area (Å²) in [6, 6.07) is 13.3. The maximum absolute atomic E-state index is 12.9. The second kappa shape index (κ2) is 5.99. The van der Waals surface area contributed by atoms with E-state index in [9.17, 15) is 13.2 Å². The van der Waals surface area contributed by atoms with Gasteiger partial charge in [-0.05, 0) is 35.7 Å². The van der Waals surface area contributed by atoms with E-state index < -0.39 is 11.7 Å². The molecular weight excluding hydrogens is 263 g/mol. The number of alkyl halides is 3. The molecule has 0 spiro atoms. The van der Waals surface area contributed by atoms with Crippen molar-refractivity contribution in [1.82, 2.24) is 0 Å². The smallest absolute Gasteiger partial charge is 0.381 e. The first-order chi connectivity index (χ1) is 9.50. The van der Waals surface area contributed by atoms with Gasteiger partial charge in [0.05, 0.1) is 5.56 Å². The van der Waals surface area contributed by atoms with Crippen LogP contribution in [0.25, 0.3) is 0 Å². The van der Waals surface area contributed by atoms with E-state index in [1.54, 1.807) is 6.07 Å². The van der Waals surface area contributed by atoms with Gasteiger partial charge in [0.1, 0.15) is 0 Å². The zero-order chi connectivity index (χ0) is 14.6. The Morgan fingerprint density at radius 2 is 1.75 bits per heavy atom. The van der Waals surface area contributed by atoms with Crippen LogP contribution < -0.4 is 5.32 Å². The van der Waals surface area contributed by atoms with Crippen LogP contribution in [-0.2, 0) is 19.1 Å². The molecule has 1 N–H and O–H groups in total. The second-order valence-corrected chi connectivity index (χ2v) is 4.56. The highest BCUT2D eigenvalue weighted by Crippen LogP contribution is 2.32. The highest BCUT2D eigenvalue weighted by atomic mass is 19.4. The van der Waals surface area contributed by atoms with Crippen molar-refractivity contribution in [3.63, 3.8) is 0 Å². The van der Waals surface area contributed by atoms with Crippen molar-refractivity contribution in [3.05, 3.63) is 65.2 Å². The van der Waals surface area contributed by atoms with Crippen LogP contribution in [0.4, 0.5) is 18.9 Å². The Balaban J connectivity index is 2.15. The Hall–Kier alpha value is -1.97. The first-order valence-corrected chi connectivity index (χ1v) is 6.48. The topological polar surface area (TPSA) is 12.0 Å². The summed E-state index contributed by atoms with van der Waals surface area (Å²) in [4.78, 5) is 0. The third-order valence-corrected chi connectivity index (χ3v) is 3.14. The van der Waals surface area contributed by atoms with E-state index >= 15 is 0 Å². The first kappa shape index (κ1) is 14.4. The highest BCUT2D eigenvalue weighted by molar-refractivity contribution is 5.47. The van der Waals surface area contributed by atoms with Crippen LogP contribution in [0, 0.1) is 0 Å². The van der Waals surface area contributed by atoms with Crippen LogP contribution >= 0.6 is 0 Å². The molecule has 0 saturated carbocycles. The van der Waals surface area contributed by atoms with E-state index in [0.717, 1.165) is 23.7 Å². The third-order valence-electron chi connectivity index (χ3n) is 3.14. The zero-order valence-electron chi connectivity index (χ0n) is 11.2. The molecular formula is C16H16F3N. The first-order valence-electron chi connectivity index (χ1n) is 6.48. The third kappa shape index (κ3) is 3.53. The zero-order valence-corrected chi connectivity index (χ0v) is 11.2. The fourth-order valence-corrected chi connectivity index (χ4v) is 2.05. The monoisotopic (exact) mass is 279 g/mol. The molecule has 0 amide bonds. The molecule has 0 aliphatic heterocycles. The van der Waals surface area contributed by atoms with Crippen molar-refractivity contribution in [2.24, 2.45) is 0 Å². The molecule has 0 saturated heterocycles. The van der Waals surface area contributed by atoms with Crippen LogP contribution in [0.2, 0.25) is 0 Å². The lowest BCUT2D eigenvalue weighted by atomic mass is 10.1. The van der Waals surface area contributed by atoms with E-state index in [4.69, 9.17) is 0 Å². The molecule has 0 bridgehead atoms. The molecule has 4 heteroatoms. The van der Waals surface area contributed by atoms with Gasteiger partial charge in [0.25, 0.3) is 0 Å². The van der Waals surface area contributed by atoms with Gasteiger partial charge in [-0.25, -0.2) is 0 Å². The van der Waals surface area contributed by atoms with Crippen molar-refractivity contribution >= 4 is 5.69 Å².